The average molecular weight is 503 g/mol. The summed E-state index contributed by atoms with van der Waals surface area (Å²) in [5.41, 5.74) is 3.69. The summed E-state index contributed by atoms with van der Waals surface area (Å²) < 4.78 is 17.1. The summed E-state index contributed by atoms with van der Waals surface area (Å²) in [6.07, 6.45) is 10.4. The minimum absolute atomic E-state index is 0.0119. The molecule has 0 spiro atoms. The summed E-state index contributed by atoms with van der Waals surface area (Å²) in [6, 6.07) is 23.1. The van der Waals surface area contributed by atoms with Crippen molar-refractivity contribution in [3.05, 3.63) is 83.9 Å². The fourth-order valence-electron chi connectivity index (χ4n) is 4.29. The normalized spacial score (nSPS) is 11.8. The van der Waals surface area contributed by atoms with E-state index in [2.05, 4.69) is 19.1 Å². The molecule has 0 heterocycles. The van der Waals surface area contributed by atoms with Crippen LogP contribution in [0, 0.1) is 0 Å². The molecular formula is C33H42O4. The third kappa shape index (κ3) is 9.70. The van der Waals surface area contributed by atoms with Gasteiger partial charge in [0.25, 0.3) is 0 Å². The smallest absolute Gasteiger partial charge is 0.343 e. The van der Waals surface area contributed by atoms with E-state index in [4.69, 9.17) is 14.2 Å². The number of benzene rings is 3. The molecule has 1 unspecified atom stereocenters. The summed E-state index contributed by atoms with van der Waals surface area (Å²) in [4.78, 5) is 12.6. The van der Waals surface area contributed by atoms with Gasteiger partial charge in [0.05, 0.1) is 18.3 Å². The highest BCUT2D eigenvalue weighted by atomic mass is 16.5. The van der Waals surface area contributed by atoms with Crippen LogP contribution in [0.15, 0.2) is 72.8 Å². The van der Waals surface area contributed by atoms with Crippen molar-refractivity contribution in [3.63, 3.8) is 0 Å². The molecule has 3 aromatic rings. The molecule has 4 heteroatoms. The van der Waals surface area contributed by atoms with Crippen LogP contribution in [0.2, 0.25) is 0 Å². The van der Waals surface area contributed by atoms with Gasteiger partial charge in [-0.2, -0.15) is 0 Å². The number of unbranched alkanes of at least 4 members (excludes halogenated alkanes) is 7. The van der Waals surface area contributed by atoms with Crippen molar-refractivity contribution in [1.82, 2.24) is 0 Å². The first kappa shape index (κ1) is 28.5. The topological polar surface area (TPSA) is 44.8 Å². The van der Waals surface area contributed by atoms with Gasteiger partial charge in [-0.05, 0) is 73.4 Å². The van der Waals surface area contributed by atoms with Crippen LogP contribution in [0.3, 0.4) is 0 Å². The monoisotopic (exact) mass is 502 g/mol. The highest BCUT2D eigenvalue weighted by Crippen LogP contribution is 2.24. The van der Waals surface area contributed by atoms with Crippen LogP contribution in [0.25, 0.3) is 11.1 Å². The van der Waals surface area contributed by atoms with Crippen LogP contribution in [-0.4, -0.2) is 19.2 Å². The van der Waals surface area contributed by atoms with Gasteiger partial charge in [-0.3, -0.25) is 0 Å². The van der Waals surface area contributed by atoms with Gasteiger partial charge in [-0.1, -0.05) is 88.3 Å². The Kier molecular flexibility index (Phi) is 12.2. The Morgan fingerprint density at radius 1 is 0.676 bits per heavy atom. The van der Waals surface area contributed by atoms with Crippen molar-refractivity contribution >= 4 is 5.97 Å². The zero-order valence-electron chi connectivity index (χ0n) is 22.7. The van der Waals surface area contributed by atoms with E-state index in [1.807, 2.05) is 50.2 Å². The Hall–Kier alpha value is -3.11. The zero-order chi connectivity index (χ0) is 26.3. The van der Waals surface area contributed by atoms with Gasteiger partial charge in [-0.25, -0.2) is 4.79 Å². The van der Waals surface area contributed by atoms with Crippen molar-refractivity contribution in [2.75, 3.05) is 13.2 Å². The molecule has 0 radical (unpaired) electrons. The van der Waals surface area contributed by atoms with E-state index < -0.39 is 0 Å². The second kappa shape index (κ2) is 15.9. The molecule has 4 nitrogen and oxygen atoms in total. The third-order valence-electron chi connectivity index (χ3n) is 6.55. The first-order valence-electron chi connectivity index (χ1n) is 13.9. The lowest BCUT2D eigenvalue weighted by Gasteiger charge is -2.12. The summed E-state index contributed by atoms with van der Waals surface area (Å²) in [5.74, 6) is 1.04. The van der Waals surface area contributed by atoms with Crippen LogP contribution in [0.4, 0.5) is 0 Å². The largest absolute Gasteiger partial charge is 0.494 e. The highest BCUT2D eigenvalue weighted by Gasteiger charge is 2.11. The second-order valence-corrected chi connectivity index (χ2v) is 9.48. The molecule has 0 amide bonds. The van der Waals surface area contributed by atoms with E-state index in [0.717, 1.165) is 35.5 Å². The van der Waals surface area contributed by atoms with Crippen molar-refractivity contribution in [2.24, 2.45) is 0 Å². The van der Waals surface area contributed by atoms with Gasteiger partial charge >= 0.3 is 5.97 Å². The number of hydrogen-bond donors (Lipinski definition) is 0. The van der Waals surface area contributed by atoms with E-state index in [-0.39, 0.29) is 12.1 Å². The van der Waals surface area contributed by atoms with Crippen LogP contribution in [0.5, 0.6) is 11.5 Å². The lowest BCUT2D eigenvalue weighted by atomic mass is 10.0. The predicted octanol–water partition coefficient (Wildman–Crippen LogP) is 9.19. The maximum atomic E-state index is 12.6. The Morgan fingerprint density at radius 3 is 1.81 bits per heavy atom. The van der Waals surface area contributed by atoms with E-state index in [1.54, 1.807) is 24.3 Å². The lowest BCUT2D eigenvalue weighted by molar-refractivity contribution is 0.0733. The fourth-order valence-corrected chi connectivity index (χ4v) is 4.29. The molecule has 0 saturated carbocycles. The maximum Gasteiger partial charge on any atom is 0.343 e. The van der Waals surface area contributed by atoms with E-state index >= 15 is 0 Å². The van der Waals surface area contributed by atoms with Gasteiger partial charge in [0.2, 0.25) is 0 Å². The number of carbonyl (C=O) groups is 1. The Labute approximate surface area is 223 Å². The van der Waals surface area contributed by atoms with Crippen molar-refractivity contribution in [2.45, 2.75) is 78.2 Å². The summed E-state index contributed by atoms with van der Waals surface area (Å²) in [5, 5.41) is 0. The quantitative estimate of drug-likeness (QED) is 0.111. The van der Waals surface area contributed by atoms with Crippen molar-refractivity contribution in [1.29, 1.82) is 0 Å². The summed E-state index contributed by atoms with van der Waals surface area (Å²) >= 11 is 0. The molecule has 0 N–H and O–H groups in total. The van der Waals surface area contributed by atoms with Gasteiger partial charge in [-0.15, -0.1) is 0 Å². The van der Waals surface area contributed by atoms with Crippen LogP contribution in [-0.2, 0) is 4.74 Å². The molecule has 0 fully saturated rings. The molecule has 37 heavy (non-hydrogen) atoms. The van der Waals surface area contributed by atoms with Crippen LogP contribution >= 0.6 is 0 Å². The number of rotatable bonds is 16. The Balaban J connectivity index is 1.43. The number of esters is 1. The number of ether oxygens (including phenoxy) is 3. The number of carbonyl (C=O) groups excluding carboxylic acids is 1. The SMILES string of the molecule is CCCCCCCCCCOc1ccc(-c2ccc(C(=O)Oc3ccc(C(C)OCC)cc3)cc2)cc1. The van der Waals surface area contributed by atoms with E-state index in [0.29, 0.717) is 17.9 Å². The van der Waals surface area contributed by atoms with E-state index in [1.165, 1.54) is 44.9 Å². The molecule has 0 saturated heterocycles. The first-order chi connectivity index (χ1) is 18.1. The molecule has 198 valence electrons. The van der Waals surface area contributed by atoms with Gasteiger partial charge in [0, 0.05) is 6.61 Å². The molecular weight excluding hydrogens is 460 g/mol. The minimum Gasteiger partial charge on any atom is -0.494 e. The highest BCUT2D eigenvalue weighted by molar-refractivity contribution is 5.91. The van der Waals surface area contributed by atoms with Crippen LogP contribution < -0.4 is 9.47 Å². The molecule has 0 aliphatic rings. The zero-order valence-corrected chi connectivity index (χ0v) is 22.7. The lowest BCUT2D eigenvalue weighted by Crippen LogP contribution is -2.08. The average Bonchev–Trinajstić information content (AvgIpc) is 2.93. The predicted molar refractivity (Wildman–Crippen MR) is 151 cm³/mol. The Morgan fingerprint density at radius 2 is 1.22 bits per heavy atom. The Bertz CT molecular complexity index is 1040. The molecule has 3 rings (SSSR count). The van der Waals surface area contributed by atoms with Gasteiger partial charge < -0.3 is 14.2 Å². The maximum absolute atomic E-state index is 12.6. The molecule has 0 aliphatic heterocycles. The van der Waals surface area contributed by atoms with Gasteiger partial charge in [0.15, 0.2) is 0 Å². The molecule has 1 atom stereocenters. The second-order valence-electron chi connectivity index (χ2n) is 9.48. The van der Waals surface area contributed by atoms with Gasteiger partial charge in [0.1, 0.15) is 11.5 Å². The van der Waals surface area contributed by atoms with E-state index in [9.17, 15) is 4.79 Å². The van der Waals surface area contributed by atoms with Crippen LogP contribution in [0.1, 0.15) is 94.2 Å². The minimum atomic E-state index is -0.373. The summed E-state index contributed by atoms with van der Waals surface area (Å²) in [6.45, 7) is 7.65. The standard InChI is InChI=1S/C33H42O4/c1-4-6-7-8-9-10-11-12-25-36-31-21-19-29(20-22-31)28-13-15-30(16-14-28)33(34)37-32-23-17-27(18-24-32)26(3)35-5-2/h13-24,26H,4-12,25H2,1-3H3. The first-order valence-corrected chi connectivity index (χ1v) is 13.9. The third-order valence-corrected chi connectivity index (χ3v) is 6.55. The fraction of sp³-hybridized carbons (Fsp3) is 0.424. The molecule has 3 aromatic carbocycles. The molecule has 0 aliphatic carbocycles. The van der Waals surface area contributed by atoms with Crippen molar-refractivity contribution < 1.29 is 19.0 Å². The summed E-state index contributed by atoms with van der Waals surface area (Å²) in [7, 11) is 0. The number of hydrogen-bond acceptors (Lipinski definition) is 4. The molecule has 0 aromatic heterocycles. The van der Waals surface area contributed by atoms with Crippen molar-refractivity contribution in [3.8, 4) is 22.6 Å². The molecule has 0 bridgehead atoms.